The molecule has 0 aliphatic heterocycles. The first kappa shape index (κ1) is 71.2. The summed E-state index contributed by atoms with van der Waals surface area (Å²) < 4.78 is 94.9. The standard InChI is InChI=1S/C30H36F3N3O2.C26H32F3N3O.C4H5ClO.CH2O3.2K.H/c1-19(2)27-22-13-12-21(31)17-23(22)30(32,33)18-29(27,38-28(37)20-10-11-20)14-16-36(3)15-6-9-26-34-24-7-4-5-8-25(24)35-26;1-17(2)24-19-11-10-18(27)15-20(19)26(28,29)16-25(24,33)12-14-32(3)13-6-9-23-30-21-7-4-5-8-22(21)31-23;5-4(6)3-1-2-3;2-1-4-3;;;/h4-5,7-8,12-13,17,19-20,27H,6,9-11,14-16,18H2,1-3H3,(H,34,35);4-5,7-8,10-11,15,17,24,33H,6,9,12-14,16H2,1-3H3,(H,30,31);3H,1-2H2;1,3H;;;/q;;;;2*+1;-1/p-1/t27-,29+;24-,25+;;;;;/m00...../s1. The van der Waals surface area contributed by atoms with Gasteiger partial charge >= 0.3 is 109 Å². The third kappa shape index (κ3) is 19.2. The van der Waals surface area contributed by atoms with Crippen LogP contribution in [0.2, 0.25) is 0 Å². The van der Waals surface area contributed by atoms with Gasteiger partial charge in [-0.15, -0.1) is 0 Å². The molecule has 2 saturated carbocycles. The van der Waals surface area contributed by atoms with E-state index in [4.69, 9.17) is 26.4 Å². The zero-order valence-corrected chi connectivity index (χ0v) is 55.8. The Morgan fingerprint density at radius 1 is 0.711 bits per heavy atom. The van der Waals surface area contributed by atoms with Crippen LogP contribution in [0, 0.1) is 35.3 Å². The zero-order valence-electron chi connectivity index (χ0n) is 49.8. The SMILES string of the molecule is CC(C)[C@H]1c2ccc(F)cc2C(F)(F)C[C@@]1(CCN(C)CCCc1nc2ccccc2[nH]1)OC(=O)C1CC1.CC(C)[C@H]1c2ccc(F)cc2C(F)(F)C[C@]1(O)CCN(C)CCCc1nc2ccccc2[nH]1.O=C(Cl)C1CC1.O=CO[O-].[H-].[K+].[K+]. The van der Waals surface area contributed by atoms with Gasteiger partial charge in [-0.2, -0.15) is 0 Å². The van der Waals surface area contributed by atoms with E-state index in [1.165, 1.54) is 24.3 Å². The number of esters is 1. The van der Waals surface area contributed by atoms with Crippen molar-refractivity contribution in [2.24, 2.45) is 23.7 Å². The maximum Gasteiger partial charge on any atom is 1.00 e. The molecule has 2 aromatic heterocycles. The molecule has 0 bridgehead atoms. The van der Waals surface area contributed by atoms with Crippen molar-refractivity contribution in [1.29, 1.82) is 0 Å². The number of alkyl halides is 4. The van der Waals surface area contributed by atoms with Gasteiger partial charge in [-0.05, 0) is 155 Å². The number of nitrogens with one attached hydrogen (secondary N) is 2. The minimum absolute atomic E-state index is 0. The first-order valence-corrected chi connectivity index (χ1v) is 28.2. The van der Waals surface area contributed by atoms with Crippen molar-refractivity contribution in [3.63, 3.8) is 0 Å². The van der Waals surface area contributed by atoms with Gasteiger partial charge in [0.05, 0.1) is 40.0 Å². The van der Waals surface area contributed by atoms with Crippen molar-refractivity contribution in [2.75, 3.05) is 40.3 Å². The molecule has 4 aliphatic carbocycles. The molecule has 0 saturated heterocycles. The van der Waals surface area contributed by atoms with E-state index >= 15 is 8.78 Å². The van der Waals surface area contributed by atoms with E-state index in [9.17, 15) is 32.3 Å². The molecule has 2 heterocycles. The number of ether oxygens (including phenoxy) is 1. The van der Waals surface area contributed by atoms with Gasteiger partial charge < -0.3 is 41.2 Å². The molecule has 0 spiro atoms. The van der Waals surface area contributed by atoms with Gasteiger partial charge in [-0.3, -0.25) is 14.4 Å². The number of carbonyl (C=O) groups is 3. The summed E-state index contributed by atoms with van der Waals surface area (Å²) in [5.41, 5.74) is 1.15. The molecule has 4 aliphatic rings. The van der Waals surface area contributed by atoms with E-state index < -0.39 is 59.4 Å². The van der Waals surface area contributed by atoms with Crippen LogP contribution >= 0.6 is 11.6 Å². The molecular weight excluding hydrogens is 1160 g/mol. The summed E-state index contributed by atoms with van der Waals surface area (Å²) in [7, 11) is 3.90. The number of rotatable bonds is 20. The molecule has 22 heteroatoms. The summed E-state index contributed by atoms with van der Waals surface area (Å²) >= 11 is 5.04. The van der Waals surface area contributed by atoms with Crippen LogP contribution in [-0.2, 0) is 48.7 Å². The van der Waals surface area contributed by atoms with Crippen LogP contribution < -0.4 is 108 Å². The van der Waals surface area contributed by atoms with Crippen molar-refractivity contribution in [3.05, 3.63) is 130 Å². The molecule has 2 fully saturated rings. The second-order valence-corrected chi connectivity index (χ2v) is 23.4. The van der Waals surface area contributed by atoms with Gasteiger partial charge in [0, 0.05) is 67.7 Å². The average Bonchev–Trinajstić information content (AvgIpc) is 2.97. The second-order valence-electron chi connectivity index (χ2n) is 23.0. The number of hydrogen-bond acceptors (Lipinski definition) is 11. The molecule has 4 aromatic carbocycles. The Labute approximate surface area is 573 Å². The molecule has 13 nitrogen and oxygen atoms in total. The van der Waals surface area contributed by atoms with Crippen LogP contribution in [-0.4, -0.2) is 104 Å². The van der Waals surface area contributed by atoms with E-state index in [2.05, 4.69) is 34.6 Å². The third-order valence-corrected chi connectivity index (χ3v) is 16.1. The summed E-state index contributed by atoms with van der Waals surface area (Å²) in [6.45, 7) is 10.1. The summed E-state index contributed by atoms with van der Waals surface area (Å²) in [6.07, 6.45) is 5.95. The zero-order chi connectivity index (χ0) is 58.9. The first-order chi connectivity index (χ1) is 38.4. The van der Waals surface area contributed by atoms with Crippen LogP contribution in [0.25, 0.3) is 22.1 Å². The van der Waals surface area contributed by atoms with Crippen molar-refractivity contribution in [2.45, 2.75) is 140 Å². The second kappa shape index (κ2) is 31.5. The Morgan fingerprint density at radius 3 is 1.55 bits per heavy atom. The number of hydrogen-bond donors (Lipinski definition) is 3. The van der Waals surface area contributed by atoms with Gasteiger partial charge in [0.25, 0.3) is 18.3 Å². The van der Waals surface area contributed by atoms with Gasteiger partial charge in [-0.25, -0.2) is 36.3 Å². The predicted octanol–water partition coefficient (Wildman–Crippen LogP) is 5.92. The van der Waals surface area contributed by atoms with Crippen molar-refractivity contribution >= 4 is 51.4 Å². The van der Waals surface area contributed by atoms with Gasteiger partial charge in [-0.1, -0.05) is 64.1 Å². The van der Waals surface area contributed by atoms with Crippen LogP contribution in [0.1, 0.15) is 139 Å². The van der Waals surface area contributed by atoms with E-state index in [-0.39, 0.29) is 170 Å². The topological polar surface area (TPSA) is 177 Å². The Balaban J connectivity index is 0.000000302. The molecule has 0 unspecified atom stereocenters. The summed E-state index contributed by atoms with van der Waals surface area (Å²) in [5.74, 6) is -7.51. The van der Waals surface area contributed by atoms with Crippen LogP contribution in [0.3, 0.4) is 0 Å². The Bertz CT molecular complexity index is 3030. The van der Waals surface area contributed by atoms with E-state index in [0.29, 0.717) is 24.2 Å². The fraction of sp³-hybridized carbons (Fsp3) is 0.525. The number of aliphatic hydroxyl groups is 1. The number of halogens is 7. The minimum atomic E-state index is -3.30. The normalized spacial score (nSPS) is 21.0. The first-order valence-electron chi connectivity index (χ1n) is 27.9. The molecule has 6 aromatic rings. The maximum absolute atomic E-state index is 15.6. The van der Waals surface area contributed by atoms with Gasteiger partial charge in [0.2, 0.25) is 5.24 Å². The average molecular weight is 1230 g/mol. The number of fused-ring (bicyclic) bond motifs is 4. The number of benzene rings is 4. The number of H-pyrrole nitrogens is 2. The number of aromatic amines is 2. The number of para-hydroxylation sites is 4. The van der Waals surface area contributed by atoms with Crippen molar-refractivity contribution in [1.82, 2.24) is 29.7 Å². The third-order valence-electron chi connectivity index (χ3n) is 15.8. The Kier molecular flexibility index (Phi) is 27.0. The number of carbonyl (C=O) groups excluding carboxylic acids is 3. The monoisotopic (exact) mass is 1230 g/mol. The van der Waals surface area contributed by atoms with Gasteiger partial charge in [0.15, 0.2) is 0 Å². The Hall–Kier alpha value is -2.59. The van der Waals surface area contributed by atoms with Crippen LogP contribution in [0.4, 0.5) is 26.3 Å². The van der Waals surface area contributed by atoms with Crippen LogP contribution in [0.5, 0.6) is 0 Å². The fourth-order valence-electron chi connectivity index (χ4n) is 11.7. The van der Waals surface area contributed by atoms with E-state index in [1.54, 1.807) is 0 Å². The molecule has 0 radical (unpaired) electrons. The molecular formula is C61H75ClF6K2N6O7. The molecule has 83 heavy (non-hydrogen) atoms. The smallest absolute Gasteiger partial charge is 1.00 e. The Morgan fingerprint density at radius 2 is 1.14 bits per heavy atom. The van der Waals surface area contributed by atoms with Crippen LogP contribution in [0.15, 0.2) is 84.9 Å². The van der Waals surface area contributed by atoms with E-state index in [0.717, 1.165) is 110 Å². The largest absolute Gasteiger partial charge is 1.00 e. The predicted molar refractivity (Wildman–Crippen MR) is 296 cm³/mol. The maximum atomic E-state index is 15.6. The minimum Gasteiger partial charge on any atom is -1.00 e. The fourth-order valence-corrected chi connectivity index (χ4v) is 12.0. The molecule has 3 N–H and O–H groups in total. The quantitative estimate of drug-likeness (QED) is 0.0157. The molecule has 442 valence electrons. The molecule has 4 atom stereocenters. The van der Waals surface area contributed by atoms with Crippen molar-refractivity contribution < 1.29 is 165 Å². The number of aromatic nitrogens is 4. The molecule has 0 amide bonds. The summed E-state index contributed by atoms with van der Waals surface area (Å²) in [6, 6.07) is 23.0. The number of imidazole rings is 2. The summed E-state index contributed by atoms with van der Waals surface area (Å²) in [4.78, 5) is 54.2. The summed E-state index contributed by atoms with van der Waals surface area (Å²) in [5, 5.41) is 19.7. The van der Waals surface area contributed by atoms with E-state index in [1.807, 2.05) is 90.3 Å². The molecule has 10 rings (SSSR count). The van der Waals surface area contributed by atoms with Gasteiger partial charge in [0.1, 0.15) is 28.9 Å². The number of nitrogens with zero attached hydrogens (tertiary/aromatic N) is 4. The van der Waals surface area contributed by atoms with Crippen molar-refractivity contribution in [3.8, 4) is 0 Å². The number of aryl methyl sites for hydroxylation is 2.